The molecule has 0 radical (unpaired) electrons. The second-order valence-corrected chi connectivity index (χ2v) is 6.78. The molecular formula is C14H13BrClNO2S. The molecule has 1 amide bonds. The minimum absolute atomic E-state index is 0.162. The van der Waals surface area contributed by atoms with Crippen LogP contribution in [0.5, 0.6) is 5.75 Å². The highest BCUT2D eigenvalue weighted by atomic mass is 79.9. The lowest BCUT2D eigenvalue weighted by Gasteiger charge is -2.09. The fourth-order valence-electron chi connectivity index (χ4n) is 1.54. The van der Waals surface area contributed by atoms with Crippen molar-refractivity contribution in [1.82, 2.24) is 0 Å². The normalized spacial score (nSPS) is 10.3. The Kier molecular flexibility index (Phi) is 5.46. The molecule has 2 aromatic rings. The molecule has 2 rings (SSSR count). The first-order valence-corrected chi connectivity index (χ1v) is 8.13. The van der Waals surface area contributed by atoms with E-state index in [2.05, 4.69) is 21.2 Å². The zero-order valence-electron chi connectivity index (χ0n) is 10.8. The van der Waals surface area contributed by atoms with Crippen LogP contribution < -0.4 is 10.1 Å². The van der Waals surface area contributed by atoms with Gasteiger partial charge in [-0.15, -0.1) is 11.3 Å². The van der Waals surface area contributed by atoms with Gasteiger partial charge in [0, 0.05) is 11.1 Å². The third kappa shape index (κ3) is 3.98. The van der Waals surface area contributed by atoms with Gasteiger partial charge < -0.3 is 10.1 Å². The van der Waals surface area contributed by atoms with Gasteiger partial charge in [-0.2, -0.15) is 0 Å². The second-order valence-electron chi connectivity index (χ2n) is 4.09. The fourth-order valence-corrected chi connectivity index (χ4v) is 2.91. The maximum atomic E-state index is 12.0. The van der Waals surface area contributed by atoms with Gasteiger partial charge in [0.2, 0.25) is 0 Å². The van der Waals surface area contributed by atoms with E-state index in [-0.39, 0.29) is 5.91 Å². The van der Waals surface area contributed by atoms with Gasteiger partial charge >= 0.3 is 0 Å². The van der Waals surface area contributed by atoms with Gasteiger partial charge in [-0.25, -0.2) is 0 Å². The van der Waals surface area contributed by atoms with Gasteiger partial charge in [-0.1, -0.05) is 18.5 Å². The molecule has 1 N–H and O–H groups in total. The van der Waals surface area contributed by atoms with E-state index >= 15 is 0 Å². The summed E-state index contributed by atoms with van der Waals surface area (Å²) in [5, 5.41) is 5.08. The van der Waals surface area contributed by atoms with Crippen LogP contribution >= 0.6 is 38.9 Å². The molecule has 3 nitrogen and oxygen atoms in total. The molecule has 0 bridgehead atoms. The fraction of sp³-hybridized carbons (Fsp3) is 0.214. The number of hydrogen-bond donors (Lipinski definition) is 1. The largest absolute Gasteiger partial charge is 0.492 e. The Hall–Kier alpha value is -1.04. The average Bonchev–Trinajstić information content (AvgIpc) is 2.85. The minimum Gasteiger partial charge on any atom is -0.492 e. The molecule has 0 aliphatic carbocycles. The van der Waals surface area contributed by atoms with Crippen LogP contribution in [0.25, 0.3) is 0 Å². The number of anilines is 1. The number of thiophene rings is 1. The highest BCUT2D eigenvalue weighted by Crippen LogP contribution is 2.28. The maximum Gasteiger partial charge on any atom is 0.256 e. The van der Waals surface area contributed by atoms with Crippen LogP contribution in [0.3, 0.4) is 0 Å². The van der Waals surface area contributed by atoms with Gasteiger partial charge in [0.25, 0.3) is 5.91 Å². The van der Waals surface area contributed by atoms with Crippen LogP contribution in [0.15, 0.2) is 33.4 Å². The second kappa shape index (κ2) is 7.11. The third-order valence-electron chi connectivity index (χ3n) is 2.48. The van der Waals surface area contributed by atoms with E-state index in [1.54, 1.807) is 29.6 Å². The van der Waals surface area contributed by atoms with E-state index in [9.17, 15) is 4.79 Å². The smallest absolute Gasteiger partial charge is 0.256 e. The molecular weight excluding hydrogens is 362 g/mol. The number of rotatable bonds is 5. The molecule has 0 aliphatic rings. The molecule has 1 heterocycles. The summed E-state index contributed by atoms with van der Waals surface area (Å²) in [7, 11) is 0. The molecule has 0 spiro atoms. The lowest BCUT2D eigenvalue weighted by Crippen LogP contribution is -2.10. The Morgan fingerprint density at radius 2 is 2.25 bits per heavy atom. The van der Waals surface area contributed by atoms with Crippen molar-refractivity contribution in [3.63, 3.8) is 0 Å². The quantitative estimate of drug-likeness (QED) is 0.780. The molecule has 6 heteroatoms. The number of hydrogen-bond acceptors (Lipinski definition) is 3. The molecule has 20 heavy (non-hydrogen) atoms. The van der Waals surface area contributed by atoms with E-state index < -0.39 is 0 Å². The molecule has 1 aromatic heterocycles. The summed E-state index contributed by atoms with van der Waals surface area (Å²) >= 11 is 10.9. The van der Waals surface area contributed by atoms with E-state index in [1.807, 2.05) is 6.92 Å². The summed E-state index contributed by atoms with van der Waals surface area (Å²) in [5.41, 5.74) is 1.26. The van der Waals surface area contributed by atoms with E-state index in [4.69, 9.17) is 16.3 Å². The Balaban J connectivity index is 2.06. The number of benzene rings is 1. The molecule has 0 fully saturated rings. The highest BCUT2D eigenvalue weighted by Gasteiger charge is 2.10. The van der Waals surface area contributed by atoms with Gasteiger partial charge in [0.1, 0.15) is 5.75 Å². The van der Waals surface area contributed by atoms with Crippen molar-refractivity contribution in [2.24, 2.45) is 0 Å². The van der Waals surface area contributed by atoms with Gasteiger partial charge in [0.15, 0.2) is 0 Å². The first kappa shape index (κ1) is 15.4. The summed E-state index contributed by atoms with van der Waals surface area (Å²) in [4.78, 5) is 12.0. The lowest BCUT2D eigenvalue weighted by molar-refractivity contribution is 0.102. The lowest BCUT2D eigenvalue weighted by atomic mass is 10.2. The van der Waals surface area contributed by atoms with Crippen LogP contribution in [-0.4, -0.2) is 12.5 Å². The molecule has 0 saturated heterocycles. The Bertz CT molecular complexity index is 615. The van der Waals surface area contributed by atoms with Crippen LogP contribution in [0.4, 0.5) is 5.69 Å². The number of carbonyl (C=O) groups is 1. The van der Waals surface area contributed by atoms with E-state index in [0.717, 1.165) is 10.2 Å². The van der Waals surface area contributed by atoms with Gasteiger partial charge in [0.05, 0.1) is 21.0 Å². The van der Waals surface area contributed by atoms with Gasteiger partial charge in [-0.05, 0) is 46.6 Å². The SMILES string of the molecule is CCCOc1ccc(NC(=O)c2csc(Br)c2)cc1Cl. The van der Waals surface area contributed by atoms with Crippen molar-refractivity contribution < 1.29 is 9.53 Å². The highest BCUT2D eigenvalue weighted by molar-refractivity contribution is 9.11. The summed E-state index contributed by atoms with van der Waals surface area (Å²) in [6.07, 6.45) is 0.919. The summed E-state index contributed by atoms with van der Waals surface area (Å²) in [6.45, 7) is 2.65. The van der Waals surface area contributed by atoms with Crippen molar-refractivity contribution in [3.8, 4) is 5.75 Å². The molecule has 0 unspecified atom stereocenters. The number of carbonyl (C=O) groups excluding carboxylic acids is 1. The van der Waals surface area contributed by atoms with E-state index in [1.165, 1.54) is 11.3 Å². The molecule has 0 aliphatic heterocycles. The van der Waals surface area contributed by atoms with Crippen LogP contribution in [-0.2, 0) is 0 Å². The van der Waals surface area contributed by atoms with Crippen LogP contribution in [0.1, 0.15) is 23.7 Å². The predicted octanol–water partition coefficient (Wildman–Crippen LogP) is 5.21. The Morgan fingerprint density at radius 1 is 1.45 bits per heavy atom. The number of nitrogens with one attached hydrogen (secondary N) is 1. The monoisotopic (exact) mass is 373 g/mol. The molecule has 0 saturated carbocycles. The van der Waals surface area contributed by atoms with Crippen molar-refractivity contribution >= 4 is 50.5 Å². The van der Waals surface area contributed by atoms with Crippen molar-refractivity contribution in [2.75, 3.05) is 11.9 Å². The van der Waals surface area contributed by atoms with Crippen molar-refractivity contribution in [1.29, 1.82) is 0 Å². The average molecular weight is 375 g/mol. The maximum absolute atomic E-state index is 12.0. The summed E-state index contributed by atoms with van der Waals surface area (Å²) in [6, 6.07) is 7.00. The zero-order chi connectivity index (χ0) is 14.5. The number of ether oxygens (including phenoxy) is 1. The Morgan fingerprint density at radius 3 is 2.85 bits per heavy atom. The van der Waals surface area contributed by atoms with Crippen LogP contribution in [0.2, 0.25) is 5.02 Å². The van der Waals surface area contributed by atoms with Crippen LogP contribution in [0, 0.1) is 0 Å². The number of halogens is 2. The topological polar surface area (TPSA) is 38.3 Å². The molecule has 0 atom stereocenters. The standard InChI is InChI=1S/C14H13BrClNO2S/c1-2-5-19-12-4-3-10(7-11(12)16)17-14(18)9-6-13(15)20-8-9/h3-4,6-8H,2,5H2,1H3,(H,17,18). The van der Waals surface area contributed by atoms with E-state index in [0.29, 0.717) is 28.6 Å². The Labute approximate surface area is 135 Å². The minimum atomic E-state index is -0.162. The summed E-state index contributed by atoms with van der Waals surface area (Å²) < 4.78 is 6.41. The first-order valence-electron chi connectivity index (χ1n) is 6.08. The summed E-state index contributed by atoms with van der Waals surface area (Å²) in [5.74, 6) is 0.468. The first-order chi connectivity index (χ1) is 9.60. The van der Waals surface area contributed by atoms with Gasteiger partial charge in [-0.3, -0.25) is 4.79 Å². The third-order valence-corrected chi connectivity index (χ3v) is 4.28. The number of amides is 1. The molecule has 1 aromatic carbocycles. The van der Waals surface area contributed by atoms with Crippen molar-refractivity contribution in [3.05, 3.63) is 44.0 Å². The predicted molar refractivity (Wildman–Crippen MR) is 87.2 cm³/mol. The zero-order valence-corrected chi connectivity index (χ0v) is 13.9. The molecule has 106 valence electrons. The van der Waals surface area contributed by atoms with Crippen molar-refractivity contribution in [2.45, 2.75) is 13.3 Å².